The normalized spacial score (nSPS) is 21.8. The first-order valence-electron chi connectivity index (χ1n) is 9.16. The average Bonchev–Trinajstić information content (AvgIpc) is 3.34. The maximum atomic E-state index is 15.0. The number of hydrogen-bond donors (Lipinski definition) is 0. The van der Waals surface area contributed by atoms with Gasteiger partial charge in [-0.1, -0.05) is 12.1 Å². The first kappa shape index (κ1) is 18.7. The van der Waals surface area contributed by atoms with Gasteiger partial charge in [0.1, 0.15) is 11.4 Å². The van der Waals surface area contributed by atoms with Crippen LogP contribution in [0.3, 0.4) is 0 Å². The Morgan fingerprint density at radius 1 is 1.31 bits per heavy atom. The maximum Gasteiger partial charge on any atom is 0.410 e. The molecule has 5 nitrogen and oxygen atoms in total. The first-order valence-corrected chi connectivity index (χ1v) is 9.16. The number of benzene rings is 1. The molecule has 0 radical (unpaired) electrons. The Morgan fingerprint density at radius 3 is 2.69 bits per heavy atom. The van der Waals surface area contributed by atoms with Crippen LogP contribution in [0.4, 0.5) is 9.18 Å². The number of ether oxygens (including phenoxy) is 2. The molecule has 1 aliphatic heterocycles. The molecule has 0 aromatic heterocycles. The summed E-state index contributed by atoms with van der Waals surface area (Å²) in [5.41, 5.74) is 1.49. The number of esters is 1. The fourth-order valence-corrected chi connectivity index (χ4v) is 3.45. The van der Waals surface area contributed by atoms with Crippen molar-refractivity contribution in [3.8, 4) is 0 Å². The fraction of sp³-hybridized carbons (Fsp3) is 0.600. The monoisotopic (exact) mass is 363 g/mol. The van der Waals surface area contributed by atoms with Gasteiger partial charge < -0.3 is 14.4 Å². The fourth-order valence-electron chi connectivity index (χ4n) is 3.45. The van der Waals surface area contributed by atoms with Gasteiger partial charge in [-0.15, -0.1) is 0 Å². The largest absolute Gasteiger partial charge is 0.466 e. The SMILES string of the molecule is CCOC(=O)C1CC1c1ccc2c(c1F)CCN(C(=O)OC(C)(C)C)C2. The number of rotatable bonds is 3. The number of amides is 1. The van der Waals surface area contributed by atoms with E-state index in [2.05, 4.69) is 0 Å². The van der Waals surface area contributed by atoms with Crippen molar-refractivity contribution in [3.05, 3.63) is 34.6 Å². The van der Waals surface area contributed by atoms with E-state index in [1.54, 1.807) is 17.9 Å². The Balaban J connectivity index is 1.72. The van der Waals surface area contributed by atoms with Gasteiger partial charge in [-0.25, -0.2) is 9.18 Å². The van der Waals surface area contributed by atoms with E-state index in [0.29, 0.717) is 43.7 Å². The van der Waals surface area contributed by atoms with Crippen molar-refractivity contribution in [2.45, 2.75) is 58.6 Å². The zero-order valence-electron chi connectivity index (χ0n) is 15.8. The predicted octanol–water partition coefficient (Wildman–Crippen LogP) is 3.79. The summed E-state index contributed by atoms with van der Waals surface area (Å²) in [6.07, 6.45) is 0.709. The molecule has 1 aromatic carbocycles. The Morgan fingerprint density at radius 2 is 2.04 bits per heavy atom. The van der Waals surface area contributed by atoms with Crippen molar-refractivity contribution in [2.75, 3.05) is 13.2 Å². The molecule has 1 aliphatic carbocycles. The van der Waals surface area contributed by atoms with Gasteiger partial charge in [-0.05, 0) is 57.2 Å². The van der Waals surface area contributed by atoms with Crippen molar-refractivity contribution < 1.29 is 23.5 Å². The quantitative estimate of drug-likeness (QED) is 0.767. The molecule has 0 bridgehead atoms. The molecular weight excluding hydrogens is 337 g/mol. The van der Waals surface area contributed by atoms with Crippen molar-refractivity contribution in [2.24, 2.45) is 5.92 Å². The molecule has 0 saturated heterocycles. The highest BCUT2D eigenvalue weighted by Crippen LogP contribution is 2.49. The number of hydrogen-bond acceptors (Lipinski definition) is 4. The predicted molar refractivity (Wildman–Crippen MR) is 94.2 cm³/mol. The summed E-state index contributed by atoms with van der Waals surface area (Å²) < 4.78 is 25.4. The molecule has 1 amide bonds. The Hall–Kier alpha value is -2.11. The van der Waals surface area contributed by atoms with Crippen molar-refractivity contribution in [1.29, 1.82) is 0 Å². The molecule has 3 rings (SSSR count). The van der Waals surface area contributed by atoms with E-state index in [1.807, 2.05) is 26.8 Å². The van der Waals surface area contributed by atoms with Crippen LogP contribution in [-0.2, 0) is 27.2 Å². The lowest BCUT2D eigenvalue weighted by Crippen LogP contribution is -2.40. The van der Waals surface area contributed by atoms with Gasteiger partial charge in [0.15, 0.2) is 0 Å². The molecule has 0 N–H and O–H groups in total. The van der Waals surface area contributed by atoms with Gasteiger partial charge in [-0.2, -0.15) is 0 Å². The Bertz CT molecular complexity index is 725. The molecule has 1 heterocycles. The summed E-state index contributed by atoms with van der Waals surface area (Å²) in [6, 6.07) is 3.61. The molecule has 1 saturated carbocycles. The van der Waals surface area contributed by atoms with E-state index < -0.39 is 5.60 Å². The molecule has 2 aliphatic rings. The number of carbonyl (C=O) groups is 2. The van der Waals surface area contributed by atoms with Gasteiger partial charge in [-0.3, -0.25) is 4.79 Å². The minimum absolute atomic E-state index is 0.0942. The van der Waals surface area contributed by atoms with Gasteiger partial charge in [0, 0.05) is 19.0 Å². The van der Waals surface area contributed by atoms with Crippen LogP contribution in [-0.4, -0.2) is 35.7 Å². The molecule has 2 atom stereocenters. The highest BCUT2D eigenvalue weighted by molar-refractivity contribution is 5.77. The minimum atomic E-state index is -0.555. The van der Waals surface area contributed by atoms with Crippen LogP contribution in [0.5, 0.6) is 0 Å². The minimum Gasteiger partial charge on any atom is -0.466 e. The van der Waals surface area contributed by atoms with Crippen LogP contribution >= 0.6 is 0 Å². The highest BCUT2D eigenvalue weighted by atomic mass is 19.1. The second kappa shape index (κ2) is 6.89. The molecule has 0 spiro atoms. The van der Waals surface area contributed by atoms with E-state index in [-0.39, 0.29) is 29.7 Å². The standard InChI is InChI=1S/C20H26FNO4/c1-5-25-18(23)16-10-15(16)14-7-6-12-11-22(9-8-13(12)17(14)21)19(24)26-20(2,3)4/h6-7,15-16H,5,8-11H2,1-4H3. The van der Waals surface area contributed by atoms with E-state index >= 15 is 0 Å². The average molecular weight is 363 g/mol. The third-order valence-electron chi connectivity index (χ3n) is 4.79. The Labute approximate surface area is 153 Å². The van der Waals surface area contributed by atoms with Crippen LogP contribution in [0, 0.1) is 11.7 Å². The van der Waals surface area contributed by atoms with Crippen LogP contribution in [0.1, 0.15) is 56.7 Å². The molecule has 1 fully saturated rings. The summed E-state index contributed by atoms with van der Waals surface area (Å²) in [5, 5.41) is 0. The van der Waals surface area contributed by atoms with E-state index in [4.69, 9.17) is 9.47 Å². The third-order valence-corrected chi connectivity index (χ3v) is 4.79. The lowest BCUT2D eigenvalue weighted by atomic mass is 9.94. The van der Waals surface area contributed by atoms with Crippen molar-refractivity contribution in [1.82, 2.24) is 4.90 Å². The number of nitrogens with zero attached hydrogens (tertiary/aromatic N) is 1. The Kier molecular flexibility index (Phi) is 4.95. The van der Waals surface area contributed by atoms with Crippen LogP contribution in [0.2, 0.25) is 0 Å². The van der Waals surface area contributed by atoms with Crippen LogP contribution in [0.25, 0.3) is 0 Å². The topological polar surface area (TPSA) is 55.8 Å². The number of fused-ring (bicyclic) bond motifs is 1. The third kappa shape index (κ3) is 3.84. The molecule has 1 aromatic rings. The number of carbonyl (C=O) groups excluding carboxylic acids is 2. The number of halogens is 1. The second-order valence-corrected chi connectivity index (χ2v) is 7.96. The molecule has 142 valence electrons. The van der Waals surface area contributed by atoms with Gasteiger partial charge in [0.25, 0.3) is 0 Å². The molecule has 2 unspecified atom stereocenters. The van der Waals surface area contributed by atoms with Crippen LogP contribution < -0.4 is 0 Å². The summed E-state index contributed by atoms with van der Waals surface area (Å²) in [5.74, 6) is -0.804. The van der Waals surface area contributed by atoms with E-state index in [1.165, 1.54) is 0 Å². The summed E-state index contributed by atoms with van der Waals surface area (Å²) in [6.45, 7) is 8.35. The second-order valence-electron chi connectivity index (χ2n) is 7.96. The summed E-state index contributed by atoms with van der Waals surface area (Å²) >= 11 is 0. The van der Waals surface area contributed by atoms with E-state index in [9.17, 15) is 14.0 Å². The summed E-state index contributed by atoms with van der Waals surface area (Å²) in [4.78, 5) is 25.7. The molecule has 26 heavy (non-hydrogen) atoms. The van der Waals surface area contributed by atoms with Gasteiger partial charge in [0.2, 0.25) is 0 Å². The smallest absolute Gasteiger partial charge is 0.410 e. The lowest BCUT2D eigenvalue weighted by Gasteiger charge is -2.31. The zero-order chi connectivity index (χ0) is 19.1. The first-order chi connectivity index (χ1) is 12.2. The summed E-state index contributed by atoms with van der Waals surface area (Å²) in [7, 11) is 0. The zero-order valence-corrected chi connectivity index (χ0v) is 15.8. The molecule has 6 heteroatoms. The lowest BCUT2D eigenvalue weighted by molar-refractivity contribution is -0.144. The van der Waals surface area contributed by atoms with Crippen molar-refractivity contribution in [3.63, 3.8) is 0 Å². The highest BCUT2D eigenvalue weighted by Gasteiger charge is 2.47. The van der Waals surface area contributed by atoms with Crippen LogP contribution in [0.15, 0.2) is 12.1 Å². The molecular formula is C20H26FNO4. The van der Waals surface area contributed by atoms with Gasteiger partial charge in [0.05, 0.1) is 12.5 Å². The van der Waals surface area contributed by atoms with Gasteiger partial charge >= 0.3 is 12.1 Å². The van der Waals surface area contributed by atoms with Crippen molar-refractivity contribution >= 4 is 12.1 Å². The van der Waals surface area contributed by atoms with E-state index in [0.717, 1.165) is 5.56 Å². The maximum absolute atomic E-state index is 15.0.